The van der Waals surface area contributed by atoms with Crippen LogP contribution in [0.15, 0.2) is 42.5 Å². The lowest BCUT2D eigenvalue weighted by Crippen LogP contribution is -2.46. The molecule has 2 amide bonds. The van der Waals surface area contributed by atoms with Gasteiger partial charge in [-0.05, 0) is 51.8 Å². The molecular formula is C23H33F3N4O4. The monoisotopic (exact) mass is 486 g/mol. The number of benzene rings is 1. The van der Waals surface area contributed by atoms with Gasteiger partial charge in [0.05, 0.1) is 6.04 Å². The Balaban J connectivity index is 0.000000718. The lowest BCUT2D eigenvalue weighted by atomic mass is 10.0. The number of piperidine rings is 1. The summed E-state index contributed by atoms with van der Waals surface area (Å²) in [6.45, 7) is 3.60. The van der Waals surface area contributed by atoms with Crippen molar-refractivity contribution in [1.82, 2.24) is 15.5 Å². The molecule has 1 aliphatic heterocycles. The predicted molar refractivity (Wildman–Crippen MR) is 122 cm³/mol. The van der Waals surface area contributed by atoms with E-state index in [1.165, 1.54) is 11.6 Å². The fraction of sp³-hybridized carbons (Fsp3) is 0.522. The summed E-state index contributed by atoms with van der Waals surface area (Å²) in [7, 11) is 2.07. The zero-order chi connectivity index (χ0) is 25.7. The molecule has 0 spiro atoms. The first kappa shape index (κ1) is 29.1. The summed E-state index contributed by atoms with van der Waals surface area (Å²) in [5.74, 6) is -3.09. The van der Waals surface area contributed by atoms with E-state index in [1.807, 2.05) is 18.2 Å². The topological polar surface area (TPSA) is 125 Å². The van der Waals surface area contributed by atoms with Gasteiger partial charge in [-0.3, -0.25) is 9.59 Å². The molecule has 2 rings (SSSR count). The average Bonchev–Trinajstić information content (AvgIpc) is 2.76. The van der Waals surface area contributed by atoms with Crippen LogP contribution in [0.2, 0.25) is 0 Å². The molecule has 0 saturated carbocycles. The molecule has 1 aliphatic rings. The third-order valence-corrected chi connectivity index (χ3v) is 5.02. The van der Waals surface area contributed by atoms with Crippen LogP contribution in [0.5, 0.6) is 0 Å². The summed E-state index contributed by atoms with van der Waals surface area (Å²) < 4.78 is 31.7. The number of nitrogens with two attached hydrogens (primary N) is 1. The number of likely N-dealkylation sites (N-methyl/N-ethyl adjacent to an activating group) is 1. The third kappa shape index (κ3) is 12.4. The van der Waals surface area contributed by atoms with E-state index in [-0.39, 0.29) is 23.9 Å². The summed E-state index contributed by atoms with van der Waals surface area (Å²) in [4.78, 5) is 35.4. The molecule has 1 aromatic carbocycles. The number of alkyl halides is 3. The van der Waals surface area contributed by atoms with Crippen LogP contribution >= 0.6 is 0 Å². The van der Waals surface area contributed by atoms with Crippen LogP contribution < -0.4 is 16.4 Å². The zero-order valence-electron chi connectivity index (χ0n) is 19.3. The van der Waals surface area contributed by atoms with Crippen molar-refractivity contribution in [2.45, 2.75) is 56.9 Å². The normalized spacial score (nSPS) is 18.4. The SMILES string of the molecule is C[C@H](N)C(=O)N[C@H](C=CC(=O)NC1CCCN(C)C1)CCc1ccccc1.O=C(O)C(F)(F)F. The number of aryl methyl sites for hydroxylation is 1. The van der Waals surface area contributed by atoms with Gasteiger partial charge in [-0.2, -0.15) is 13.2 Å². The van der Waals surface area contributed by atoms with Crippen LogP contribution in [0.25, 0.3) is 0 Å². The predicted octanol–water partition coefficient (Wildman–Crippen LogP) is 1.85. The third-order valence-electron chi connectivity index (χ3n) is 5.02. The second-order valence-electron chi connectivity index (χ2n) is 8.20. The lowest BCUT2D eigenvalue weighted by Gasteiger charge is -2.29. The first-order chi connectivity index (χ1) is 15.9. The van der Waals surface area contributed by atoms with Gasteiger partial charge in [-0.15, -0.1) is 0 Å². The number of hydrogen-bond donors (Lipinski definition) is 4. The number of nitrogens with zero attached hydrogens (tertiary/aromatic N) is 1. The van der Waals surface area contributed by atoms with Crippen LogP contribution in [-0.2, 0) is 20.8 Å². The van der Waals surface area contributed by atoms with Gasteiger partial charge in [0.25, 0.3) is 0 Å². The van der Waals surface area contributed by atoms with Crippen molar-refractivity contribution in [2.75, 3.05) is 20.1 Å². The molecule has 3 atom stereocenters. The molecule has 190 valence electrons. The maximum atomic E-state index is 12.3. The van der Waals surface area contributed by atoms with Crippen LogP contribution in [-0.4, -0.2) is 72.2 Å². The molecule has 1 saturated heterocycles. The van der Waals surface area contributed by atoms with E-state index in [1.54, 1.807) is 13.0 Å². The Bertz CT molecular complexity index is 816. The summed E-state index contributed by atoms with van der Waals surface area (Å²) in [6.07, 6.45) is 1.83. The van der Waals surface area contributed by atoms with Crippen LogP contribution in [0.3, 0.4) is 0 Å². The quantitative estimate of drug-likeness (QED) is 0.416. The smallest absolute Gasteiger partial charge is 0.475 e. The molecular weight excluding hydrogens is 453 g/mol. The Morgan fingerprint density at radius 3 is 2.41 bits per heavy atom. The number of carbonyl (C=O) groups excluding carboxylic acids is 2. The Hall–Kier alpha value is -2.92. The maximum absolute atomic E-state index is 12.3. The maximum Gasteiger partial charge on any atom is 0.490 e. The molecule has 8 nitrogen and oxygen atoms in total. The van der Waals surface area contributed by atoms with Crippen molar-refractivity contribution in [3.8, 4) is 0 Å². The van der Waals surface area contributed by atoms with E-state index in [4.69, 9.17) is 15.6 Å². The number of carbonyl (C=O) groups is 3. The molecule has 0 radical (unpaired) electrons. The molecule has 0 aliphatic carbocycles. The number of nitrogens with one attached hydrogen (secondary N) is 2. The first-order valence-corrected chi connectivity index (χ1v) is 11.0. The zero-order valence-corrected chi connectivity index (χ0v) is 19.3. The van der Waals surface area contributed by atoms with Gasteiger partial charge < -0.3 is 26.4 Å². The van der Waals surface area contributed by atoms with E-state index >= 15 is 0 Å². The Kier molecular flexibility index (Phi) is 12.3. The second-order valence-corrected chi connectivity index (χ2v) is 8.20. The molecule has 1 unspecified atom stereocenters. The Morgan fingerprint density at radius 1 is 1.26 bits per heavy atom. The van der Waals surface area contributed by atoms with Crippen LogP contribution in [0.4, 0.5) is 13.2 Å². The van der Waals surface area contributed by atoms with Crippen molar-refractivity contribution in [3.63, 3.8) is 0 Å². The molecule has 5 N–H and O–H groups in total. The van der Waals surface area contributed by atoms with Gasteiger partial charge in [0.15, 0.2) is 0 Å². The number of carboxylic acids is 1. The van der Waals surface area contributed by atoms with Gasteiger partial charge in [-0.25, -0.2) is 4.79 Å². The Labute approximate surface area is 197 Å². The minimum atomic E-state index is -5.08. The largest absolute Gasteiger partial charge is 0.490 e. The van der Waals surface area contributed by atoms with E-state index in [0.717, 1.165) is 32.4 Å². The number of likely N-dealkylation sites (tertiary alicyclic amines) is 1. The number of amides is 2. The van der Waals surface area contributed by atoms with Crippen LogP contribution in [0.1, 0.15) is 31.7 Å². The summed E-state index contributed by atoms with van der Waals surface area (Å²) in [6, 6.07) is 9.45. The van der Waals surface area contributed by atoms with E-state index in [0.29, 0.717) is 6.42 Å². The lowest BCUT2D eigenvalue weighted by molar-refractivity contribution is -0.192. The highest BCUT2D eigenvalue weighted by molar-refractivity contribution is 5.88. The first-order valence-electron chi connectivity index (χ1n) is 11.0. The van der Waals surface area contributed by atoms with Crippen molar-refractivity contribution in [3.05, 3.63) is 48.0 Å². The number of hydrogen-bond acceptors (Lipinski definition) is 5. The number of rotatable bonds is 8. The van der Waals surface area contributed by atoms with E-state index in [9.17, 15) is 22.8 Å². The summed E-state index contributed by atoms with van der Waals surface area (Å²) in [5.41, 5.74) is 6.86. The summed E-state index contributed by atoms with van der Waals surface area (Å²) >= 11 is 0. The molecule has 0 aromatic heterocycles. The van der Waals surface area contributed by atoms with Crippen molar-refractivity contribution < 1.29 is 32.7 Å². The highest BCUT2D eigenvalue weighted by Crippen LogP contribution is 2.13. The van der Waals surface area contributed by atoms with Crippen molar-refractivity contribution in [1.29, 1.82) is 0 Å². The molecule has 1 aromatic rings. The number of aliphatic carboxylic acids is 1. The van der Waals surface area contributed by atoms with Crippen LogP contribution in [0, 0.1) is 0 Å². The molecule has 0 bridgehead atoms. The van der Waals surface area contributed by atoms with E-state index < -0.39 is 18.2 Å². The molecule has 1 fully saturated rings. The number of carboxylic acid groups (broad SMARTS) is 1. The second kappa shape index (κ2) is 14.4. The van der Waals surface area contributed by atoms with Gasteiger partial charge in [-0.1, -0.05) is 36.4 Å². The van der Waals surface area contributed by atoms with Gasteiger partial charge >= 0.3 is 12.1 Å². The standard InChI is InChI=1S/C21H32N4O2.C2HF3O2/c1-16(22)21(27)24-18(11-10-17-7-4-3-5-8-17)12-13-20(26)23-19-9-6-14-25(2)15-19;3-2(4,5)1(6)7/h3-5,7-8,12-13,16,18-19H,6,9-11,14-15,22H2,1-2H3,(H,23,26)(H,24,27);(H,6,7)/t16-,18-,19?;/m0./s1. The average molecular weight is 487 g/mol. The van der Waals surface area contributed by atoms with Crippen molar-refractivity contribution >= 4 is 17.8 Å². The molecule has 1 heterocycles. The fourth-order valence-corrected chi connectivity index (χ4v) is 3.23. The Morgan fingerprint density at radius 2 is 1.88 bits per heavy atom. The minimum absolute atomic E-state index is 0.116. The van der Waals surface area contributed by atoms with E-state index in [2.05, 4.69) is 34.7 Å². The van der Waals surface area contributed by atoms with Crippen molar-refractivity contribution in [2.24, 2.45) is 5.73 Å². The minimum Gasteiger partial charge on any atom is -0.475 e. The van der Waals surface area contributed by atoms with Gasteiger partial charge in [0.2, 0.25) is 11.8 Å². The highest BCUT2D eigenvalue weighted by atomic mass is 19.4. The molecule has 11 heteroatoms. The van der Waals surface area contributed by atoms with Gasteiger partial charge in [0, 0.05) is 24.7 Å². The fourth-order valence-electron chi connectivity index (χ4n) is 3.23. The van der Waals surface area contributed by atoms with Gasteiger partial charge in [0.1, 0.15) is 0 Å². The highest BCUT2D eigenvalue weighted by Gasteiger charge is 2.38. The summed E-state index contributed by atoms with van der Waals surface area (Å²) in [5, 5.41) is 13.1. The number of halogens is 3. The molecule has 34 heavy (non-hydrogen) atoms.